The van der Waals surface area contributed by atoms with Crippen molar-refractivity contribution in [2.24, 2.45) is 0 Å². The maximum atomic E-state index is 13.1. The van der Waals surface area contributed by atoms with Gasteiger partial charge in [-0.25, -0.2) is 8.42 Å². The van der Waals surface area contributed by atoms with Crippen LogP contribution in [-0.4, -0.2) is 20.7 Å². The van der Waals surface area contributed by atoms with Gasteiger partial charge in [0.1, 0.15) is 10.6 Å². The number of rotatable bonds is 5. The van der Waals surface area contributed by atoms with Gasteiger partial charge in [-0.05, 0) is 57.0 Å². The number of para-hydroxylation sites is 1. The van der Waals surface area contributed by atoms with E-state index >= 15 is 0 Å². The summed E-state index contributed by atoms with van der Waals surface area (Å²) in [4.78, 5) is 0.0404. The molecule has 0 atom stereocenters. The average Bonchev–Trinajstić information content (AvgIpc) is 2.97. The molecule has 1 aromatic heterocycles. The highest BCUT2D eigenvalue weighted by Crippen LogP contribution is 2.34. The second-order valence-electron chi connectivity index (χ2n) is 6.46. The number of hydrogen-bond acceptors (Lipinski definition) is 5. The van der Waals surface area contributed by atoms with Crippen molar-refractivity contribution < 1.29 is 17.7 Å². The first-order valence-corrected chi connectivity index (χ1v) is 9.93. The van der Waals surface area contributed by atoms with Crippen LogP contribution in [0.2, 0.25) is 0 Å². The van der Waals surface area contributed by atoms with Crippen LogP contribution in [0, 0.1) is 27.7 Å². The van der Waals surface area contributed by atoms with Gasteiger partial charge in [0.2, 0.25) is 0 Å². The van der Waals surface area contributed by atoms with Crippen LogP contribution in [0.1, 0.15) is 22.4 Å². The van der Waals surface area contributed by atoms with Crippen LogP contribution in [-0.2, 0) is 10.0 Å². The first kappa shape index (κ1) is 19.0. The Kier molecular flexibility index (Phi) is 4.97. The Morgan fingerprint density at radius 3 is 2.26 bits per heavy atom. The quantitative estimate of drug-likeness (QED) is 0.703. The highest BCUT2D eigenvalue weighted by atomic mass is 32.2. The lowest BCUT2D eigenvalue weighted by molar-refractivity contribution is 0.402. The fourth-order valence-corrected chi connectivity index (χ4v) is 4.28. The molecule has 0 fully saturated rings. The summed E-state index contributed by atoms with van der Waals surface area (Å²) in [7, 11) is -2.43. The molecule has 0 unspecified atom stereocenters. The maximum absolute atomic E-state index is 13.1. The third-order valence-corrected chi connectivity index (χ3v) is 5.96. The molecule has 3 aromatic rings. The standard InChI is InChI=1S/C20H22N2O4S/c1-12-7-6-8-13(2)19(12)22-27(23,24)18-11-16(9-10-17(18)25-5)20-14(3)15(4)21-26-20/h6-11,22H,1-5H3. The van der Waals surface area contributed by atoms with Crippen molar-refractivity contribution in [1.29, 1.82) is 0 Å². The molecule has 3 rings (SSSR count). The van der Waals surface area contributed by atoms with Crippen LogP contribution in [0.15, 0.2) is 45.8 Å². The molecule has 1 heterocycles. The molecule has 0 aliphatic rings. The van der Waals surface area contributed by atoms with Crippen molar-refractivity contribution in [2.45, 2.75) is 32.6 Å². The zero-order valence-corrected chi connectivity index (χ0v) is 16.8. The number of nitrogens with zero attached hydrogens (tertiary/aromatic N) is 1. The van der Waals surface area contributed by atoms with Gasteiger partial charge in [-0.1, -0.05) is 23.4 Å². The summed E-state index contributed by atoms with van der Waals surface area (Å²) in [5, 5.41) is 3.95. The number of benzene rings is 2. The predicted octanol–water partition coefficient (Wildman–Crippen LogP) is 4.38. The van der Waals surface area contributed by atoms with E-state index in [-0.39, 0.29) is 10.6 Å². The second kappa shape index (κ2) is 7.08. The summed E-state index contributed by atoms with van der Waals surface area (Å²) in [5.41, 5.74) is 4.50. The molecule has 1 N–H and O–H groups in total. The fourth-order valence-electron chi connectivity index (χ4n) is 2.88. The minimum atomic E-state index is -3.87. The molecule has 0 radical (unpaired) electrons. The number of aromatic nitrogens is 1. The lowest BCUT2D eigenvalue weighted by atomic mass is 10.1. The van der Waals surface area contributed by atoms with Crippen LogP contribution in [0.5, 0.6) is 5.75 Å². The largest absolute Gasteiger partial charge is 0.495 e. The molecule has 0 bridgehead atoms. The van der Waals surface area contributed by atoms with E-state index in [9.17, 15) is 8.42 Å². The van der Waals surface area contributed by atoms with E-state index in [1.807, 2.05) is 45.9 Å². The van der Waals surface area contributed by atoms with Crippen LogP contribution in [0.4, 0.5) is 5.69 Å². The van der Waals surface area contributed by atoms with Crippen LogP contribution >= 0.6 is 0 Å². The average molecular weight is 386 g/mol. The van der Waals surface area contributed by atoms with E-state index in [2.05, 4.69) is 9.88 Å². The van der Waals surface area contributed by atoms with Gasteiger partial charge in [0.05, 0.1) is 18.5 Å². The minimum absolute atomic E-state index is 0.0404. The maximum Gasteiger partial charge on any atom is 0.265 e. The third kappa shape index (κ3) is 3.55. The number of anilines is 1. The van der Waals surface area contributed by atoms with Gasteiger partial charge < -0.3 is 9.26 Å². The number of aryl methyl sites for hydroxylation is 3. The lowest BCUT2D eigenvalue weighted by Crippen LogP contribution is -2.15. The Morgan fingerprint density at radius 1 is 1.04 bits per heavy atom. The monoisotopic (exact) mass is 386 g/mol. The number of methoxy groups -OCH3 is 1. The Bertz CT molecular complexity index is 1080. The van der Waals surface area contributed by atoms with Crippen molar-refractivity contribution in [2.75, 3.05) is 11.8 Å². The van der Waals surface area contributed by atoms with E-state index < -0.39 is 10.0 Å². The summed E-state index contributed by atoms with van der Waals surface area (Å²) in [6.45, 7) is 7.44. The van der Waals surface area contributed by atoms with Gasteiger partial charge >= 0.3 is 0 Å². The lowest BCUT2D eigenvalue weighted by Gasteiger charge is -2.15. The Balaban J connectivity index is 2.11. The Morgan fingerprint density at radius 2 is 1.70 bits per heavy atom. The normalized spacial score (nSPS) is 11.4. The molecule has 0 saturated heterocycles. The molecular weight excluding hydrogens is 364 g/mol. The van der Waals surface area contributed by atoms with Crippen molar-refractivity contribution in [3.63, 3.8) is 0 Å². The number of hydrogen-bond donors (Lipinski definition) is 1. The summed E-state index contributed by atoms with van der Waals surface area (Å²) < 4.78 is 39.6. The van der Waals surface area contributed by atoms with Crippen LogP contribution in [0.25, 0.3) is 11.3 Å². The summed E-state index contributed by atoms with van der Waals surface area (Å²) in [6.07, 6.45) is 0. The van der Waals surface area contributed by atoms with Gasteiger partial charge in [0.15, 0.2) is 5.76 Å². The smallest absolute Gasteiger partial charge is 0.265 e. The van der Waals surface area contributed by atoms with E-state index in [1.54, 1.807) is 18.2 Å². The van der Waals surface area contributed by atoms with Crippen LogP contribution in [0.3, 0.4) is 0 Å². The Labute approximate surface area is 159 Å². The molecule has 0 spiro atoms. The van der Waals surface area contributed by atoms with Crippen LogP contribution < -0.4 is 9.46 Å². The molecule has 2 aromatic carbocycles. The van der Waals surface area contributed by atoms with Crippen molar-refractivity contribution in [3.05, 3.63) is 58.8 Å². The zero-order chi connectivity index (χ0) is 19.8. The number of ether oxygens (including phenoxy) is 1. The summed E-state index contributed by atoms with van der Waals surface area (Å²) in [5.74, 6) is 0.796. The molecule has 0 saturated carbocycles. The van der Waals surface area contributed by atoms with E-state index in [0.717, 1.165) is 22.4 Å². The molecule has 7 heteroatoms. The third-order valence-electron chi connectivity index (χ3n) is 4.59. The van der Waals surface area contributed by atoms with E-state index in [1.165, 1.54) is 7.11 Å². The van der Waals surface area contributed by atoms with E-state index in [4.69, 9.17) is 9.26 Å². The minimum Gasteiger partial charge on any atom is -0.495 e. The Hall–Kier alpha value is -2.80. The van der Waals surface area contributed by atoms with Crippen molar-refractivity contribution in [1.82, 2.24) is 5.16 Å². The van der Waals surface area contributed by atoms with Gasteiger partial charge in [-0.15, -0.1) is 0 Å². The number of nitrogens with one attached hydrogen (secondary N) is 1. The molecule has 27 heavy (non-hydrogen) atoms. The fraction of sp³-hybridized carbons (Fsp3) is 0.250. The molecule has 0 aliphatic heterocycles. The highest BCUT2D eigenvalue weighted by molar-refractivity contribution is 7.92. The van der Waals surface area contributed by atoms with Gasteiger partial charge in [-0.3, -0.25) is 4.72 Å². The van der Waals surface area contributed by atoms with Gasteiger partial charge in [0.25, 0.3) is 10.0 Å². The van der Waals surface area contributed by atoms with Crippen molar-refractivity contribution in [3.8, 4) is 17.1 Å². The summed E-state index contributed by atoms with van der Waals surface area (Å²) in [6, 6.07) is 10.5. The molecule has 0 amide bonds. The van der Waals surface area contributed by atoms with Crippen molar-refractivity contribution >= 4 is 15.7 Å². The molecule has 0 aliphatic carbocycles. The number of sulfonamides is 1. The molecule has 6 nitrogen and oxygen atoms in total. The molecular formula is C20H22N2O4S. The first-order chi connectivity index (χ1) is 12.7. The van der Waals surface area contributed by atoms with E-state index in [0.29, 0.717) is 17.0 Å². The first-order valence-electron chi connectivity index (χ1n) is 8.45. The van der Waals surface area contributed by atoms with Gasteiger partial charge in [-0.2, -0.15) is 0 Å². The zero-order valence-electron chi connectivity index (χ0n) is 16.0. The second-order valence-corrected chi connectivity index (χ2v) is 8.11. The predicted molar refractivity (Wildman–Crippen MR) is 105 cm³/mol. The highest BCUT2D eigenvalue weighted by Gasteiger charge is 2.23. The topological polar surface area (TPSA) is 81.4 Å². The summed E-state index contributed by atoms with van der Waals surface area (Å²) >= 11 is 0. The SMILES string of the molecule is COc1ccc(-c2onc(C)c2C)cc1S(=O)(=O)Nc1c(C)cccc1C. The van der Waals surface area contributed by atoms with Gasteiger partial charge in [0, 0.05) is 11.1 Å². The molecule has 142 valence electrons.